The first-order valence-electron chi connectivity index (χ1n) is 7.58. The van der Waals surface area contributed by atoms with Crippen molar-refractivity contribution in [3.05, 3.63) is 46.1 Å². The smallest absolute Gasteiger partial charge is 0.265 e. The van der Waals surface area contributed by atoms with Gasteiger partial charge < -0.3 is 10.2 Å². The van der Waals surface area contributed by atoms with Crippen LogP contribution in [0.4, 0.5) is 0 Å². The quantitative estimate of drug-likeness (QED) is 0.498. The van der Waals surface area contributed by atoms with Crippen molar-refractivity contribution in [2.24, 2.45) is 0 Å². The molecule has 1 aromatic rings. The molecule has 0 spiro atoms. The van der Waals surface area contributed by atoms with Crippen LogP contribution in [0.15, 0.2) is 40.5 Å². The molecule has 22 heavy (non-hydrogen) atoms. The molecule has 4 nitrogen and oxygen atoms in total. The zero-order valence-corrected chi connectivity index (χ0v) is 14.1. The summed E-state index contributed by atoms with van der Waals surface area (Å²) in [5.74, 6) is -0.157. The number of carbonyl (C=O) groups is 1. The molecule has 5 heteroatoms. The third-order valence-corrected chi connectivity index (χ3v) is 4.51. The molecule has 1 aliphatic heterocycles. The predicted octanol–water partition coefficient (Wildman–Crippen LogP) is 3.00. The number of nitrogens with one attached hydrogen (secondary N) is 1. The number of nitriles is 1. The maximum absolute atomic E-state index is 12.2. The number of halogens is 1. The van der Waals surface area contributed by atoms with Crippen molar-refractivity contribution >= 4 is 21.8 Å². The fourth-order valence-electron chi connectivity index (χ4n) is 2.49. The van der Waals surface area contributed by atoms with Crippen molar-refractivity contribution in [2.45, 2.75) is 25.7 Å². The minimum atomic E-state index is -0.157. The van der Waals surface area contributed by atoms with Gasteiger partial charge in [0.25, 0.3) is 5.91 Å². The summed E-state index contributed by atoms with van der Waals surface area (Å²) < 4.78 is 1.07. The highest BCUT2D eigenvalue weighted by Crippen LogP contribution is 2.16. The van der Waals surface area contributed by atoms with E-state index in [2.05, 4.69) is 27.3 Å². The Kier molecular flexibility index (Phi) is 6.47. The van der Waals surface area contributed by atoms with Crippen molar-refractivity contribution < 1.29 is 4.79 Å². The molecule has 1 fully saturated rings. The molecule has 0 unspecified atom stereocenters. The number of likely N-dealkylation sites (tertiary alicyclic amines) is 1. The SMILES string of the molecule is N#C/C(=C/NCCc1ccccc1Br)C(=O)N1CCCCC1. The Morgan fingerprint density at radius 1 is 1.32 bits per heavy atom. The molecule has 2 rings (SSSR count). The average molecular weight is 362 g/mol. The fraction of sp³-hybridized carbons (Fsp3) is 0.412. The zero-order valence-electron chi connectivity index (χ0n) is 12.5. The molecular formula is C17H20BrN3O. The van der Waals surface area contributed by atoms with Crippen LogP contribution in [0, 0.1) is 11.3 Å². The Hall–Kier alpha value is -1.80. The molecule has 1 heterocycles. The molecule has 0 saturated carbocycles. The van der Waals surface area contributed by atoms with Crippen molar-refractivity contribution in [1.82, 2.24) is 10.2 Å². The number of piperidine rings is 1. The molecule has 1 aliphatic rings. The molecule has 116 valence electrons. The molecule has 0 atom stereocenters. The number of hydrogen-bond acceptors (Lipinski definition) is 3. The van der Waals surface area contributed by atoms with Crippen molar-refractivity contribution in [3.63, 3.8) is 0 Å². The lowest BCUT2D eigenvalue weighted by Crippen LogP contribution is -2.36. The van der Waals surface area contributed by atoms with Gasteiger partial charge in [-0.25, -0.2) is 0 Å². The Balaban J connectivity index is 1.86. The second-order valence-electron chi connectivity index (χ2n) is 5.32. The number of rotatable bonds is 5. The summed E-state index contributed by atoms with van der Waals surface area (Å²) in [6.07, 6.45) is 5.60. The van der Waals surface area contributed by atoms with Gasteiger partial charge in [-0.15, -0.1) is 0 Å². The van der Waals surface area contributed by atoms with Crippen molar-refractivity contribution in [2.75, 3.05) is 19.6 Å². The van der Waals surface area contributed by atoms with Crippen LogP contribution >= 0.6 is 15.9 Å². The van der Waals surface area contributed by atoms with E-state index in [0.29, 0.717) is 6.54 Å². The highest BCUT2D eigenvalue weighted by Gasteiger charge is 2.19. The summed E-state index contributed by atoms with van der Waals surface area (Å²) >= 11 is 3.51. The topological polar surface area (TPSA) is 56.1 Å². The Labute approximate surface area is 139 Å². The van der Waals surface area contributed by atoms with Crippen LogP contribution in [-0.2, 0) is 11.2 Å². The van der Waals surface area contributed by atoms with Crippen molar-refractivity contribution in [3.8, 4) is 6.07 Å². The lowest BCUT2D eigenvalue weighted by molar-refractivity contribution is -0.127. The highest BCUT2D eigenvalue weighted by atomic mass is 79.9. The van der Waals surface area contributed by atoms with E-state index in [1.807, 2.05) is 24.3 Å². The molecule has 0 bridgehead atoms. The summed E-state index contributed by atoms with van der Waals surface area (Å²) in [7, 11) is 0. The number of carbonyl (C=O) groups excluding carboxylic acids is 1. The van der Waals surface area contributed by atoms with Gasteiger partial charge in [0.2, 0.25) is 0 Å². The molecule has 0 radical (unpaired) electrons. The molecule has 1 N–H and O–H groups in total. The molecule has 0 aromatic heterocycles. The second-order valence-corrected chi connectivity index (χ2v) is 6.17. The summed E-state index contributed by atoms with van der Waals surface area (Å²) in [6.45, 7) is 2.20. The van der Waals surface area contributed by atoms with E-state index in [1.165, 1.54) is 12.0 Å². The first kappa shape index (κ1) is 16.6. The molecule has 1 amide bonds. The Morgan fingerprint density at radius 3 is 2.73 bits per heavy atom. The van der Waals surface area contributed by atoms with Crippen LogP contribution in [0.25, 0.3) is 0 Å². The summed E-state index contributed by atoms with van der Waals surface area (Å²) in [6, 6.07) is 10.0. The van der Waals surface area contributed by atoms with Gasteiger partial charge in [0.15, 0.2) is 0 Å². The standard InChI is InChI=1S/C17H20BrN3O/c18-16-7-3-2-6-14(16)8-9-20-13-15(12-19)17(22)21-10-4-1-5-11-21/h2-3,6-7,13,20H,1,4-5,8-11H2/b15-13-. The first-order chi connectivity index (χ1) is 10.7. The predicted molar refractivity (Wildman–Crippen MR) is 90.0 cm³/mol. The van der Waals surface area contributed by atoms with E-state index < -0.39 is 0 Å². The molecule has 1 saturated heterocycles. The molecule has 0 aliphatic carbocycles. The maximum atomic E-state index is 12.2. The van der Waals surface area contributed by atoms with Crippen LogP contribution < -0.4 is 5.32 Å². The van der Waals surface area contributed by atoms with Gasteiger partial charge in [-0.3, -0.25) is 4.79 Å². The molecule has 1 aromatic carbocycles. The third kappa shape index (κ3) is 4.60. The van der Waals surface area contributed by atoms with Gasteiger partial charge >= 0.3 is 0 Å². The van der Waals surface area contributed by atoms with E-state index >= 15 is 0 Å². The maximum Gasteiger partial charge on any atom is 0.265 e. The van der Waals surface area contributed by atoms with E-state index in [4.69, 9.17) is 0 Å². The van der Waals surface area contributed by atoms with Gasteiger partial charge in [0.05, 0.1) is 0 Å². The largest absolute Gasteiger partial charge is 0.389 e. The summed E-state index contributed by atoms with van der Waals surface area (Å²) in [5, 5.41) is 12.3. The summed E-state index contributed by atoms with van der Waals surface area (Å²) in [5.41, 5.74) is 1.39. The van der Waals surface area contributed by atoms with Crippen LogP contribution in [0.1, 0.15) is 24.8 Å². The minimum absolute atomic E-state index is 0.157. The van der Waals surface area contributed by atoms with Crippen LogP contribution in [0.3, 0.4) is 0 Å². The van der Waals surface area contributed by atoms with Gasteiger partial charge in [-0.1, -0.05) is 34.1 Å². The zero-order chi connectivity index (χ0) is 15.8. The monoisotopic (exact) mass is 361 g/mol. The van der Waals surface area contributed by atoms with Gasteiger partial charge in [-0.2, -0.15) is 5.26 Å². The van der Waals surface area contributed by atoms with E-state index in [0.717, 1.165) is 36.8 Å². The summed E-state index contributed by atoms with van der Waals surface area (Å²) in [4.78, 5) is 14.0. The number of benzene rings is 1. The fourth-order valence-corrected chi connectivity index (χ4v) is 2.97. The van der Waals surface area contributed by atoms with Gasteiger partial charge in [0.1, 0.15) is 11.6 Å². The van der Waals surface area contributed by atoms with E-state index in [1.54, 1.807) is 11.1 Å². The number of hydrogen-bond donors (Lipinski definition) is 1. The van der Waals surface area contributed by atoms with Crippen LogP contribution in [-0.4, -0.2) is 30.4 Å². The van der Waals surface area contributed by atoms with Crippen LogP contribution in [0.5, 0.6) is 0 Å². The molecular weight excluding hydrogens is 342 g/mol. The average Bonchev–Trinajstić information content (AvgIpc) is 2.57. The lowest BCUT2D eigenvalue weighted by atomic mass is 10.1. The van der Waals surface area contributed by atoms with Crippen molar-refractivity contribution in [1.29, 1.82) is 5.26 Å². The second kappa shape index (κ2) is 8.60. The van der Waals surface area contributed by atoms with Gasteiger partial charge in [0, 0.05) is 30.3 Å². The first-order valence-corrected chi connectivity index (χ1v) is 8.38. The number of amides is 1. The Bertz CT molecular complexity index is 586. The van der Waals surface area contributed by atoms with E-state index in [-0.39, 0.29) is 11.5 Å². The highest BCUT2D eigenvalue weighted by molar-refractivity contribution is 9.10. The van der Waals surface area contributed by atoms with Gasteiger partial charge in [-0.05, 0) is 37.3 Å². The van der Waals surface area contributed by atoms with E-state index in [9.17, 15) is 10.1 Å². The number of nitrogens with zero attached hydrogens (tertiary/aromatic N) is 2. The minimum Gasteiger partial charge on any atom is -0.389 e. The normalized spacial score (nSPS) is 15.3. The van der Waals surface area contributed by atoms with Crippen LogP contribution in [0.2, 0.25) is 0 Å². The third-order valence-electron chi connectivity index (χ3n) is 3.74. The lowest BCUT2D eigenvalue weighted by Gasteiger charge is -2.26. The Morgan fingerprint density at radius 2 is 2.05 bits per heavy atom.